The molecule has 5 heteroatoms. The smallest absolute Gasteiger partial charge is 0.251 e. The van der Waals surface area contributed by atoms with Crippen LogP contribution in [0.1, 0.15) is 22.0 Å². The van der Waals surface area contributed by atoms with Crippen molar-refractivity contribution in [3.63, 3.8) is 0 Å². The highest BCUT2D eigenvalue weighted by Crippen LogP contribution is 2.24. The van der Waals surface area contributed by atoms with Crippen LogP contribution in [0.5, 0.6) is 5.75 Å². The second-order valence-corrected chi connectivity index (χ2v) is 4.48. The largest absolute Gasteiger partial charge is 0.496 e. The van der Waals surface area contributed by atoms with E-state index in [1.807, 2.05) is 0 Å². The molecule has 2 aromatic carbocycles. The van der Waals surface area contributed by atoms with Crippen molar-refractivity contribution in [3.05, 3.63) is 65.5 Å². The molecule has 0 fully saturated rings. The summed E-state index contributed by atoms with van der Waals surface area (Å²) in [4.78, 5) is 11.9. The molecule has 4 nitrogen and oxygen atoms in total. The van der Waals surface area contributed by atoms with Crippen LogP contribution in [0.3, 0.4) is 0 Å². The third-order valence-corrected chi connectivity index (χ3v) is 3.04. The highest BCUT2D eigenvalue weighted by atomic mass is 19.1. The molecule has 0 aliphatic heterocycles. The molecule has 0 heterocycles. The predicted octanol–water partition coefficient (Wildman–Crippen LogP) is 2.30. The molecule has 21 heavy (non-hydrogen) atoms. The van der Waals surface area contributed by atoms with Crippen LogP contribution >= 0.6 is 0 Å². The Kier molecular flexibility index (Phi) is 4.90. The third kappa shape index (κ3) is 3.79. The highest BCUT2D eigenvalue weighted by molar-refractivity contribution is 5.94. The lowest BCUT2D eigenvalue weighted by molar-refractivity contribution is 0.0914. The van der Waals surface area contributed by atoms with Gasteiger partial charge in [-0.2, -0.15) is 0 Å². The number of benzene rings is 2. The van der Waals surface area contributed by atoms with Crippen molar-refractivity contribution in [2.75, 3.05) is 13.7 Å². The molecule has 1 unspecified atom stereocenters. The summed E-state index contributed by atoms with van der Waals surface area (Å²) < 4.78 is 18.2. The minimum Gasteiger partial charge on any atom is -0.496 e. The second-order valence-electron chi connectivity index (χ2n) is 4.48. The highest BCUT2D eigenvalue weighted by Gasteiger charge is 2.14. The summed E-state index contributed by atoms with van der Waals surface area (Å²) in [6.07, 6.45) is -0.904. The molecule has 110 valence electrons. The Balaban J connectivity index is 2.01. The molecule has 0 radical (unpaired) electrons. The van der Waals surface area contributed by atoms with Gasteiger partial charge in [-0.3, -0.25) is 4.79 Å². The zero-order valence-corrected chi connectivity index (χ0v) is 11.5. The van der Waals surface area contributed by atoms with Crippen LogP contribution in [0, 0.1) is 5.82 Å². The molecule has 0 saturated carbocycles. The van der Waals surface area contributed by atoms with Gasteiger partial charge in [0.05, 0.1) is 13.2 Å². The van der Waals surface area contributed by atoms with Gasteiger partial charge in [-0.1, -0.05) is 24.3 Å². The number of methoxy groups -OCH3 is 1. The van der Waals surface area contributed by atoms with Gasteiger partial charge >= 0.3 is 0 Å². The van der Waals surface area contributed by atoms with Crippen LogP contribution in [0.25, 0.3) is 0 Å². The predicted molar refractivity (Wildman–Crippen MR) is 76.7 cm³/mol. The van der Waals surface area contributed by atoms with Crippen molar-refractivity contribution in [2.24, 2.45) is 0 Å². The molecule has 2 N–H and O–H groups in total. The molecule has 0 aromatic heterocycles. The number of para-hydroxylation sites is 1. The van der Waals surface area contributed by atoms with Crippen LogP contribution in [0.15, 0.2) is 48.5 Å². The molecular formula is C16H16FNO3. The van der Waals surface area contributed by atoms with E-state index >= 15 is 0 Å². The first kappa shape index (κ1) is 15.0. The minimum absolute atomic E-state index is 0.00964. The molecule has 0 saturated heterocycles. The summed E-state index contributed by atoms with van der Waals surface area (Å²) in [5, 5.41) is 12.7. The van der Waals surface area contributed by atoms with E-state index in [1.54, 1.807) is 24.3 Å². The molecule has 1 atom stereocenters. The van der Waals surface area contributed by atoms with E-state index in [9.17, 15) is 14.3 Å². The Labute approximate surface area is 122 Å². The zero-order chi connectivity index (χ0) is 15.2. The van der Waals surface area contributed by atoms with Crippen LogP contribution < -0.4 is 10.1 Å². The normalized spacial score (nSPS) is 11.8. The summed E-state index contributed by atoms with van der Waals surface area (Å²) in [7, 11) is 1.51. The van der Waals surface area contributed by atoms with E-state index in [0.717, 1.165) is 6.07 Å². The number of aliphatic hydroxyl groups excluding tert-OH is 1. The topological polar surface area (TPSA) is 58.6 Å². The summed E-state index contributed by atoms with van der Waals surface area (Å²) in [6, 6.07) is 12.4. The van der Waals surface area contributed by atoms with Gasteiger partial charge in [0, 0.05) is 17.7 Å². The second kappa shape index (κ2) is 6.85. The fraction of sp³-hybridized carbons (Fsp3) is 0.188. The van der Waals surface area contributed by atoms with E-state index < -0.39 is 17.8 Å². The molecule has 2 aromatic rings. The fourth-order valence-corrected chi connectivity index (χ4v) is 1.97. The maximum absolute atomic E-state index is 13.0. The van der Waals surface area contributed by atoms with Gasteiger partial charge in [0.15, 0.2) is 0 Å². The molecular weight excluding hydrogens is 273 g/mol. The number of hydrogen-bond donors (Lipinski definition) is 2. The van der Waals surface area contributed by atoms with Gasteiger partial charge in [-0.05, 0) is 24.3 Å². The average Bonchev–Trinajstić information content (AvgIpc) is 2.52. The average molecular weight is 289 g/mol. The summed E-state index contributed by atoms with van der Waals surface area (Å²) in [5.74, 6) is -0.374. The number of halogens is 1. The number of nitrogens with one attached hydrogen (secondary N) is 1. The van der Waals surface area contributed by atoms with Gasteiger partial charge < -0.3 is 15.2 Å². The molecule has 0 aliphatic carbocycles. The quantitative estimate of drug-likeness (QED) is 0.888. The zero-order valence-electron chi connectivity index (χ0n) is 11.5. The summed E-state index contributed by atoms with van der Waals surface area (Å²) in [6.45, 7) is 0.00964. The summed E-state index contributed by atoms with van der Waals surface area (Å²) in [5.41, 5.74) is 0.793. The van der Waals surface area contributed by atoms with E-state index in [-0.39, 0.29) is 12.1 Å². The number of carbonyl (C=O) groups is 1. The summed E-state index contributed by atoms with van der Waals surface area (Å²) >= 11 is 0. The van der Waals surface area contributed by atoms with Crippen molar-refractivity contribution in [2.45, 2.75) is 6.10 Å². The monoisotopic (exact) mass is 289 g/mol. The molecule has 0 aliphatic rings. The third-order valence-electron chi connectivity index (χ3n) is 3.04. The van der Waals surface area contributed by atoms with Crippen LogP contribution in [0.2, 0.25) is 0 Å². The Bertz CT molecular complexity index is 630. The number of hydrogen-bond acceptors (Lipinski definition) is 3. The van der Waals surface area contributed by atoms with Crippen molar-refractivity contribution in [1.82, 2.24) is 5.32 Å². The number of aliphatic hydroxyl groups is 1. The minimum atomic E-state index is -0.904. The molecule has 0 spiro atoms. The lowest BCUT2D eigenvalue weighted by Crippen LogP contribution is -2.28. The Hall–Kier alpha value is -2.40. The number of amides is 1. The maximum Gasteiger partial charge on any atom is 0.251 e. The van der Waals surface area contributed by atoms with Crippen molar-refractivity contribution < 1.29 is 19.0 Å². The van der Waals surface area contributed by atoms with E-state index in [0.29, 0.717) is 11.3 Å². The first-order valence-electron chi connectivity index (χ1n) is 6.46. The van der Waals surface area contributed by atoms with Crippen molar-refractivity contribution in [1.29, 1.82) is 0 Å². The van der Waals surface area contributed by atoms with Gasteiger partial charge in [-0.25, -0.2) is 4.39 Å². The first-order valence-corrected chi connectivity index (χ1v) is 6.46. The van der Waals surface area contributed by atoms with Crippen LogP contribution in [-0.4, -0.2) is 24.7 Å². The van der Waals surface area contributed by atoms with Gasteiger partial charge in [0.1, 0.15) is 11.6 Å². The lowest BCUT2D eigenvalue weighted by atomic mass is 10.1. The van der Waals surface area contributed by atoms with E-state index in [4.69, 9.17) is 4.74 Å². The maximum atomic E-state index is 13.0. The van der Waals surface area contributed by atoms with Gasteiger partial charge in [0.2, 0.25) is 0 Å². The Morgan fingerprint density at radius 1 is 1.29 bits per heavy atom. The Morgan fingerprint density at radius 3 is 2.76 bits per heavy atom. The first-order chi connectivity index (χ1) is 10.1. The van der Waals surface area contributed by atoms with Crippen molar-refractivity contribution >= 4 is 5.91 Å². The van der Waals surface area contributed by atoms with Gasteiger partial charge in [-0.15, -0.1) is 0 Å². The Morgan fingerprint density at radius 2 is 2.05 bits per heavy atom. The standard InChI is InChI=1S/C16H16FNO3/c1-21-15-8-3-2-7-13(15)14(19)10-18-16(20)11-5-4-6-12(17)9-11/h2-9,14,19H,10H2,1H3,(H,18,20). The van der Waals surface area contributed by atoms with Crippen LogP contribution in [-0.2, 0) is 0 Å². The number of rotatable bonds is 5. The SMILES string of the molecule is COc1ccccc1C(O)CNC(=O)c1cccc(F)c1. The molecule has 0 bridgehead atoms. The lowest BCUT2D eigenvalue weighted by Gasteiger charge is -2.15. The van der Waals surface area contributed by atoms with Crippen LogP contribution in [0.4, 0.5) is 4.39 Å². The molecule has 1 amide bonds. The number of carbonyl (C=O) groups excluding carboxylic acids is 1. The van der Waals surface area contributed by atoms with Crippen molar-refractivity contribution in [3.8, 4) is 5.75 Å². The fourth-order valence-electron chi connectivity index (χ4n) is 1.97. The van der Waals surface area contributed by atoms with E-state index in [1.165, 1.54) is 25.3 Å². The van der Waals surface area contributed by atoms with E-state index in [2.05, 4.69) is 5.32 Å². The van der Waals surface area contributed by atoms with Gasteiger partial charge in [0.25, 0.3) is 5.91 Å². The number of ether oxygens (including phenoxy) is 1. The molecule has 2 rings (SSSR count).